The standard InChI is InChI=1S/C19H15BrFN5/c20-13-5-6-17-12(9-13)11-25-26(17)18-4-2-8-24-19(18)15(22)10-16-14(21)3-1-7-23-16/h1-9,11,15H,10,22H2/t15-/m0/s1. The van der Waals surface area contributed by atoms with Crippen molar-refractivity contribution < 1.29 is 4.39 Å². The van der Waals surface area contributed by atoms with Gasteiger partial charge in [0.15, 0.2) is 0 Å². The summed E-state index contributed by atoms with van der Waals surface area (Å²) in [6.45, 7) is 0. The summed E-state index contributed by atoms with van der Waals surface area (Å²) in [5.74, 6) is -0.366. The average Bonchev–Trinajstić information content (AvgIpc) is 3.06. The zero-order chi connectivity index (χ0) is 18.1. The number of halogens is 2. The molecule has 26 heavy (non-hydrogen) atoms. The Morgan fingerprint density at radius 3 is 2.77 bits per heavy atom. The normalized spacial score (nSPS) is 12.4. The lowest BCUT2D eigenvalue weighted by Gasteiger charge is -2.16. The summed E-state index contributed by atoms with van der Waals surface area (Å²) >= 11 is 3.47. The molecular weight excluding hydrogens is 397 g/mol. The smallest absolute Gasteiger partial charge is 0.144 e. The SMILES string of the molecule is N[C@@H](Cc1ncccc1F)c1ncccc1-n1ncc2cc(Br)ccc21. The summed E-state index contributed by atoms with van der Waals surface area (Å²) < 4.78 is 16.7. The molecule has 0 aliphatic heterocycles. The van der Waals surface area contributed by atoms with Crippen LogP contribution in [-0.2, 0) is 6.42 Å². The fourth-order valence-electron chi connectivity index (χ4n) is 2.94. The number of nitrogens with two attached hydrogens (primary N) is 1. The van der Waals surface area contributed by atoms with Gasteiger partial charge in [0.2, 0.25) is 0 Å². The van der Waals surface area contributed by atoms with Gasteiger partial charge in [-0.2, -0.15) is 5.10 Å². The molecule has 1 aromatic carbocycles. The van der Waals surface area contributed by atoms with E-state index in [-0.39, 0.29) is 12.2 Å². The van der Waals surface area contributed by atoms with E-state index in [9.17, 15) is 4.39 Å². The average molecular weight is 412 g/mol. The summed E-state index contributed by atoms with van der Waals surface area (Å²) in [5, 5.41) is 5.48. The fourth-order valence-corrected chi connectivity index (χ4v) is 3.32. The van der Waals surface area contributed by atoms with Crippen LogP contribution in [0.4, 0.5) is 4.39 Å². The van der Waals surface area contributed by atoms with E-state index < -0.39 is 6.04 Å². The highest BCUT2D eigenvalue weighted by molar-refractivity contribution is 9.10. The van der Waals surface area contributed by atoms with E-state index in [1.807, 2.05) is 30.3 Å². The van der Waals surface area contributed by atoms with Gasteiger partial charge in [-0.3, -0.25) is 9.97 Å². The molecule has 0 unspecified atom stereocenters. The van der Waals surface area contributed by atoms with Crippen LogP contribution in [0.25, 0.3) is 16.6 Å². The lowest BCUT2D eigenvalue weighted by Crippen LogP contribution is -2.19. The highest BCUT2D eigenvalue weighted by atomic mass is 79.9. The van der Waals surface area contributed by atoms with Gasteiger partial charge in [-0.05, 0) is 42.5 Å². The highest BCUT2D eigenvalue weighted by Gasteiger charge is 2.18. The summed E-state index contributed by atoms with van der Waals surface area (Å²) in [5.41, 5.74) is 9.04. The van der Waals surface area contributed by atoms with Gasteiger partial charge < -0.3 is 5.73 Å². The van der Waals surface area contributed by atoms with Crippen molar-refractivity contribution in [3.63, 3.8) is 0 Å². The zero-order valence-electron chi connectivity index (χ0n) is 13.7. The van der Waals surface area contributed by atoms with Crippen molar-refractivity contribution in [1.82, 2.24) is 19.7 Å². The largest absolute Gasteiger partial charge is 0.322 e. The van der Waals surface area contributed by atoms with Gasteiger partial charge in [0, 0.05) is 28.7 Å². The molecule has 3 aromatic heterocycles. The Kier molecular flexibility index (Phi) is 4.48. The number of aromatic nitrogens is 4. The predicted octanol–water partition coefficient (Wildman–Crippen LogP) is 3.96. The second-order valence-electron chi connectivity index (χ2n) is 5.91. The predicted molar refractivity (Wildman–Crippen MR) is 101 cm³/mol. The van der Waals surface area contributed by atoms with E-state index in [0.29, 0.717) is 11.4 Å². The van der Waals surface area contributed by atoms with Crippen molar-refractivity contribution in [3.8, 4) is 5.69 Å². The van der Waals surface area contributed by atoms with Crippen LogP contribution in [0.2, 0.25) is 0 Å². The van der Waals surface area contributed by atoms with Crippen LogP contribution in [0.1, 0.15) is 17.4 Å². The van der Waals surface area contributed by atoms with Gasteiger partial charge >= 0.3 is 0 Å². The van der Waals surface area contributed by atoms with Crippen LogP contribution in [0.3, 0.4) is 0 Å². The molecule has 0 saturated heterocycles. The molecule has 1 atom stereocenters. The van der Waals surface area contributed by atoms with Crippen LogP contribution in [-0.4, -0.2) is 19.7 Å². The van der Waals surface area contributed by atoms with Gasteiger partial charge in [0.1, 0.15) is 5.82 Å². The van der Waals surface area contributed by atoms with E-state index in [4.69, 9.17) is 5.73 Å². The topological polar surface area (TPSA) is 69.6 Å². The Morgan fingerprint density at radius 1 is 1.12 bits per heavy atom. The Labute approximate surface area is 157 Å². The van der Waals surface area contributed by atoms with Gasteiger partial charge in [0.05, 0.1) is 34.8 Å². The maximum Gasteiger partial charge on any atom is 0.144 e. The van der Waals surface area contributed by atoms with Crippen LogP contribution >= 0.6 is 15.9 Å². The van der Waals surface area contributed by atoms with Crippen LogP contribution in [0, 0.1) is 5.82 Å². The van der Waals surface area contributed by atoms with E-state index in [0.717, 1.165) is 21.1 Å². The number of nitrogens with zero attached hydrogens (tertiary/aromatic N) is 4. The van der Waals surface area contributed by atoms with Crippen molar-refractivity contribution in [2.75, 3.05) is 0 Å². The summed E-state index contributed by atoms with van der Waals surface area (Å²) in [6.07, 6.45) is 5.28. The molecule has 0 saturated carbocycles. The molecule has 130 valence electrons. The highest BCUT2D eigenvalue weighted by Crippen LogP contribution is 2.26. The number of hydrogen-bond donors (Lipinski definition) is 1. The molecule has 0 aliphatic carbocycles. The Hall–Kier alpha value is -2.64. The first-order valence-corrected chi connectivity index (χ1v) is 8.86. The van der Waals surface area contributed by atoms with Crippen LogP contribution in [0.15, 0.2) is 65.5 Å². The summed E-state index contributed by atoms with van der Waals surface area (Å²) in [7, 11) is 0. The molecule has 0 aliphatic rings. The van der Waals surface area contributed by atoms with E-state index in [1.54, 1.807) is 29.3 Å². The lowest BCUT2D eigenvalue weighted by molar-refractivity contribution is 0.575. The van der Waals surface area contributed by atoms with E-state index >= 15 is 0 Å². The minimum Gasteiger partial charge on any atom is -0.322 e. The van der Waals surface area contributed by atoms with Gasteiger partial charge in [-0.1, -0.05) is 15.9 Å². The first-order chi connectivity index (χ1) is 12.6. The van der Waals surface area contributed by atoms with Gasteiger partial charge in [-0.25, -0.2) is 9.07 Å². The first kappa shape index (κ1) is 16.8. The maximum atomic E-state index is 13.9. The quantitative estimate of drug-likeness (QED) is 0.551. The molecule has 5 nitrogen and oxygen atoms in total. The number of rotatable bonds is 4. The number of hydrogen-bond acceptors (Lipinski definition) is 4. The number of benzene rings is 1. The second-order valence-corrected chi connectivity index (χ2v) is 6.83. The molecule has 0 amide bonds. The van der Waals surface area contributed by atoms with E-state index in [2.05, 4.69) is 31.0 Å². The zero-order valence-corrected chi connectivity index (χ0v) is 15.3. The number of fused-ring (bicyclic) bond motifs is 1. The third kappa shape index (κ3) is 3.11. The number of pyridine rings is 2. The minimum atomic E-state index is -0.509. The van der Waals surface area contributed by atoms with Crippen LogP contribution in [0.5, 0.6) is 0 Å². The van der Waals surface area contributed by atoms with Crippen molar-refractivity contribution in [3.05, 3.63) is 82.7 Å². The molecule has 7 heteroatoms. The Morgan fingerprint density at radius 2 is 1.92 bits per heavy atom. The van der Waals surface area contributed by atoms with Crippen molar-refractivity contribution >= 4 is 26.8 Å². The maximum absolute atomic E-state index is 13.9. The molecule has 0 bridgehead atoms. The Balaban J connectivity index is 1.76. The van der Waals surface area contributed by atoms with Crippen molar-refractivity contribution in [2.45, 2.75) is 12.5 Å². The van der Waals surface area contributed by atoms with Crippen molar-refractivity contribution in [2.24, 2.45) is 5.73 Å². The first-order valence-electron chi connectivity index (χ1n) is 8.07. The molecule has 4 aromatic rings. The van der Waals surface area contributed by atoms with Gasteiger partial charge in [-0.15, -0.1) is 0 Å². The van der Waals surface area contributed by atoms with Gasteiger partial charge in [0.25, 0.3) is 0 Å². The van der Waals surface area contributed by atoms with Crippen molar-refractivity contribution in [1.29, 1.82) is 0 Å². The molecule has 0 spiro atoms. The molecule has 0 fully saturated rings. The monoisotopic (exact) mass is 411 g/mol. The van der Waals surface area contributed by atoms with E-state index in [1.165, 1.54) is 6.07 Å². The lowest BCUT2D eigenvalue weighted by atomic mass is 10.1. The minimum absolute atomic E-state index is 0.251. The molecule has 0 radical (unpaired) electrons. The second kappa shape index (κ2) is 6.93. The third-order valence-corrected chi connectivity index (χ3v) is 4.67. The fraction of sp³-hybridized carbons (Fsp3) is 0.105. The third-order valence-electron chi connectivity index (χ3n) is 4.17. The molecule has 2 N–H and O–H groups in total. The van der Waals surface area contributed by atoms with Crippen LogP contribution < -0.4 is 5.73 Å². The summed E-state index contributed by atoms with van der Waals surface area (Å²) in [6, 6.07) is 12.1. The molecule has 4 rings (SSSR count). The molecule has 3 heterocycles. The Bertz CT molecular complexity index is 1080. The molecular formula is C19H15BrFN5. The summed E-state index contributed by atoms with van der Waals surface area (Å²) in [4.78, 5) is 8.52.